The smallest absolute Gasteiger partial charge is 0.407 e. The molecule has 1 aliphatic heterocycles. The Balaban J connectivity index is 2.40. The molecule has 1 aromatic rings. The minimum absolute atomic E-state index is 0.0866. The van der Waals surface area contributed by atoms with E-state index >= 15 is 0 Å². The van der Waals surface area contributed by atoms with Gasteiger partial charge in [0.15, 0.2) is 0 Å². The van der Waals surface area contributed by atoms with Gasteiger partial charge >= 0.3 is 6.09 Å². The zero-order valence-corrected chi connectivity index (χ0v) is 10.6. The number of hydrogen-bond acceptors (Lipinski definition) is 2. The van der Waals surface area contributed by atoms with Crippen molar-refractivity contribution in [2.24, 2.45) is 0 Å². The van der Waals surface area contributed by atoms with Crippen LogP contribution < -0.4 is 0 Å². The molecule has 1 aliphatic rings. The van der Waals surface area contributed by atoms with Crippen molar-refractivity contribution in [2.75, 3.05) is 12.8 Å². The van der Waals surface area contributed by atoms with E-state index in [1.54, 1.807) is 6.07 Å². The maximum Gasteiger partial charge on any atom is 0.407 e. The van der Waals surface area contributed by atoms with Crippen molar-refractivity contribution in [2.45, 2.75) is 23.5 Å². The van der Waals surface area contributed by atoms with E-state index in [-0.39, 0.29) is 13.0 Å². The Morgan fingerprint density at radius 1 is 1.56 bits per heavy atom. The van der Waals surface area contributed by atoms with Crippen LogP contribution in [0, 0.1) is 5.82 Å². The fourth-order valence-electron chi connectivity index (χ4n) is 2.26. The van der Waals surface area contributed by atoms with E-state index < -0.39 is 24.1 Å². The second-order valence-electron chi connectivity index (χ2n) is 4.17. The fraction of sp³-hybridized carbons (Fsp3) is 0.417. The molecule has 1 N–H and O–H groups in total. The average Bonchev–Trinajstić information content (AvgIpc) is 2.71. The molecule has 0 saturated carbocycles. The third-order valence-electron chi connectivity index (χ3n) is 3.05. The summed E-state index contributed by atoms with van der Waals surface area (Å²) < 4.78 is 26.7. The largest absolute Gasteiger partial charge is 0.465 e. The minimum atomic E-state index is -1.19. The zero-order chi connectivity index (χ0) is 13.3. The normalized spacial score (nSPS) is 23.4. The first-order valence-corrected chi connectivity index (χ1v) is 6.72. The number of halogens is 2. The third-order valence-corrected chi connectivity index (χ3v) is 3.86. The van der Waals surface area contributed by atoms with Crippen LogP contribution in [-0.4, -0.2) is 35.1 Å². The Hall–Kier alpha value is -1.30. The Morgan fingerprint density at radius 3 is 2.89 bits per heavy atom. The lowest BCUT2D eigenvalue weighted by molar-refractivity contribution is 0.137. The van der Waals surface area contributed by atoms with Gasteiger partial charge in [-0.1, -0.05) is 0 Å². The molecule has 2 atom stereocenters. The summed E-state index contributed by atoms with van der Waals surface area (Å²) in [4.78, 5) is 12.9. The van der Waals surface area contributed by atoms with Crippen LogP contribution in [0.4, 0.5) is 13.6 Å². The van der Waals surface area contributed by atoms with E-state index in [4.69, 9.17) is 5.11 Å². The number of thioether (sulfide) groups is 1. The quantitative estimate of drug-likeness (QED) is 0.840. The van der Waals surface area contributed by atoms with E-state index in [2.05, 4.69) is 0 Å². The van der Waals surface area contributed by atoms with Crippen LogP contribution in [0.5, 0.6) is 0 Å². The average molecular weight is 273 g/mol. The van der Waals surface area contributed by atoms with Crippen molar-refractivity contribution in [1.29, 1.82) is 0 Å². The summed E-state index contributed by atoms with van der Waals surface area (Å²) in [5, 5.41) is 9.05. The van der Waals surface area contributed by atoms with Gasteiger partial charge in [-0.05, 0) is 30.0 Å². The highest BCUT2D eigenvalue weighted by Gasteiger charge is 2.37. The SMILES string of the molecule is CSc1ccc(F)cc1[C@H]1C[C@H](F)CN1C(=O)O. The number of alkyl halides is 1. The van der Waals surface area contributed by atoms with Crippen molar-refractivity contribution in [3.05, 3.63) is 29.6 Å². The van der Waals surface area contributed by atoms with Crippen molar-refractivity contribution >= 4 is 17.9 Å². The molecule has 1 saturated heterocycles. The monoisotopic (exact) mass is 273 g/mol. The molecule has 3 nitrogen and oxygen atoms in total. The number of carbonyl (C=O) groups is 1. The van der Waals surface area contributed by atoms with E-state index in [1.807, 2.05) is 6.26 Å². The summed E-state index contributed by atoms with van der Waals surface area (Å²) in [6, 6.07) is 3.61. The van der Waals surface area contributed by atoms with Crippen molar-refractivity contribution in [3.8, 4) is 0 Å². The lowest BCUT2D eigenvalue weighted by Gasteiger charge is -2.23. The molecule has 1 fully saturated rings. The Kier molecular flexibility index (Phi) is 3.75. The molecule has 0 aromatic heterocycles. The standard InChI is InChI=1S/C12H13F2NO2S/c1-18-11-3-2-7(13)4-9(11)10-5-8(14)6-15(10)12(16)17/h2-4,8,10H,5-6H2,1H3,(H,16,17)/t8-,10+/m0/s1. The van der Waals surface area contributed by atoms with Crippen molar-refractivity contribution < 1.29 is 18.7 Å². The molecular formula is C12H13F2NO2S. The number of likely N-dealkylation sites (tertiary alicyclic amines) is 1. The third kappa shape index (κ3) is 2.43. The minimum Gasteiger partial charge on any atom is -0.465 e. The molecule has 0 radical (unpaired) electrons. The second kappa shape index (κ2) is 5.14. The van der Waals surface area contributed by atoms with Gasteiger partial charge in [0.1, 0.15) is 12.0 Å². The molecule has 6 heteroatoms. The number of benzene rings is 1. The number of nitrogens with zero attached hydrogens (tertiary/aromatic N) is 1. The topological polar surface area (TPSA) is 40.5 Å². The predicted molar refractivity (Wildman–Crippen MR) is 65.2 cm³/mol. The Morgan fingerprint density at radius 2 is 2.28 bits per heavy atom. The molecule has 2 rings (SSSR count). The van der Waals surface area contributed by atoms with Crippen LogP contribution in [0.25, 0.3) is 0 Å². The van der Waals surface area contributed by atoms with Crippen LogP contribution in [0.15, 0.2) is 23.1 Å². The number of carboxylic acid groups (broad SMARTS) is 1. The van der Waals surface area contributed by atoms with E-state index in [0.29, 0.717) is 5.56 Å². The predicted octanol–water partition coefficient (Wildman–Crippen LogP) is 3.31. The summed E-state index contributed by atoms with van der Waals surface area (Å²) in [7, 11) is 0. The fourth-order valence-corrected chi connectivity index (χ4v) is 2.89. The first-order chi connectivity index (χ1) is 8.52. The highest BCUT2D eigenvalue weighted by Crippen LogP contribution is 2.38. The number of hydrogen-bond donors (Lipinski definition) is 1. The second-order valence-corrected chi connectivity index (χ2v) is 5.02. The van der Waals surface area contributed by atoms with Crippen LogP contribution in [-0.2, 0) is 0 Å². The van der Waals surface area contributed by atoms with Crippen molar-refractivity contribution in [3.63, 3.8) is 0 Å². The van der Waals surface area contributed by atoms with Gasteiger partial charge in [-0.2, -0.15) is 0 Å². The van der Waals surface area contributed by atoms with Gasteiger partial charge in [-0.3, -0.25) is 4.90 Å². The summed E-state index contributed by atoms with van der Waals surface area (Å²) >= 11 is 1.40. The maximum absolute atomic E-state index is 13.4. The molecule has 98 valence electrons. The molecule has 0 spiro atoms. The zero-order valence-electron chi connectivity index (χ0n) is 9.77. The lowest BCUT2D eigenvalue weighted by Crippen LogP contribution is -2.30. The first kappa shape index (κ1) is 13.1. The molecule has 18 heavy (non-hydrogen) atoms. The van der Waals surface area contributed by atoms with E-state index in [9.17, 15) is 13.6 Å². The molecule has 0 aliphatic carbocycles. The number of rotatable bonds is 2. The summed E-state index contributed by atoms with van der Waals surface area (Å²) in [5.41, 5.74) is 0.546. The van der Waals surface area contributed by atoms with Crippen LogP contribution in [0.2, 0.25) is 0 Å². The highest BCUT2D eigenvalue weighted by atomic mass is 32.2. The van der Waals surface area contributed by atoms with Crippen LogP contribution in [0.3, 0.4) is 0 Å². The lowest BCUT2D eigenvalue weighted by atomic mass is 10.0. The van der Waals surface area contributed by atoms with E-state index in [0.717, 1.165) is 9.80 Å². The van der Waals surface area contributed by atoms with Gasteiger partial charge in [0.25, 0.3) is 0 Å². The molecule has 0 bridgehead atoms. The molecule has 1 amide bonds. The van der Waals surface area contributed by atoms with Gasteiger partial charge in [-0.15, -0.1) is 11.8 Å². The van der Waals surface area contributed by atoms with Gasteiger partial charge in [0.2, 0.25) is 0 Å². The van der Waals surface area contributed by atoms with Gasteiger partial charge < -0.3 is 5.11 Å². The highest BCUT2D eigenvalue weighted by molar-refractivity contribution is 7.98. The van der Waals surface area contributed by atoms with Crippen LogP contribution >= 0.6 is 11.8 Å². The van der Waals surface area contributed by atoms with E-state index in [1.165, 1.54) is 23.9 Å². The molecule has 1 heterocycles. The Labute approximate surface area is 108 Å². The molecule has 0 unspecified atom stereocenters. The van der Waals surface area contributed by atoms with Gasteiger partial charge in [-0.25, -0.2) is 13.6 Å². The Bertz CT molecular complexity index is 469. The molecular weight excluding hydrogens is 260 g/mol. The van der Waals surface area contributed by atoms with Gasteiger partial charge in [0.05, 0.1) is 12.6 Å². The van der Waals surface area contributed by atoms with Crippen molar-refractivity contribution in [1.82, 2.24) is 4.90 Å². The van der Waals surface area contributed by atoms with Gasteiger partial charge in [0, 0.05) is 11.3 Å². The number of amides is 1. The summed E-state index contributed by atoms with van der Waals surface area (Å²) in [6.45, 7) is -0.148. The molecule has 1 aromatic carbocycles. The summed E-state index contributed by atoms with van der Waals surface area (Å²) in [5.74, 6) is -0.435. The van der Waals surface area contributed by atoms with Crippen LogP contribution in [0.1, 0.15) is 18.0 Å². The maximum atomic E-state index is 13.4. The summed E-state index contributed by atoms with van der Waals surface area (Å²) in [6.07, 6.45) is -0.451. The first-order valence-electron chi connectivity index (χ1n) is 5.50.